The minimum Gasteiger partial charge on any atom is -0.472 e. The first-order valence-electron chi connectivity index (χ1n) is 5.73. The maximum Gasteiger partial charge on any atom is 0.187 e. The van der Waals surface area contributed by atoms with Crippen LogP contribution in [0.25, 0.3) is 11.3 Å². The molecule has 0 fully saturated rings. The minimum atomic E-state index is -0.205. The van der Waals surface area contributed by atoms with Crippen molar-refractivity contribution in [3.05, 3.63) is 53.6 Å². The van der Waals surface area contributed by atoms with E-state index in [1.807, 2.05) is 11.4 Å². The molecule has 2 aromatic heterocycles. The molecule has 0 aliphatic rings. The Hall–Kier alpha value is -2.14. The van der Waals surface area contributed by atoms with Gasteiger partial charge in [0.2, 0.25) is 0 Å². The summed E-state index contributed by atoms with van der Waals surface area (Å²) in [5, 5.41) is 5.88. The molecule has 0 atom stereocenters. The smallest absolute Gasteiger partial charge is 0.187 e. The summed E-state index contributed by atoms with van der Waals surface area (Å²) in [5.74, 6) is -0.205. The van der Waals surface area contributed by atoms with Gasteiger partial charge >= 0.3 is 0 Å². The highest BCUT2D eigenvalue weighted by molar-refractivity contribution is 7.14. The summed E-state index contributed by atoms with van der Waals surface area (Å²) in [6.07, 6.45) is 3.27. The van der Waals surface area contributed by atoms with Gasteiger partial charge in [-0.3, -0.25) is 0 Å². The molecule has 0 unspecified atom stereocenters. The highest BCUT2D eigenvalue weighted by Crippen LogP contribution is 2.27. The third-order valence-electron chi connectivity index (χ3n) is 2.73. The molecular weight excluding hydrogens is 263 g/mol. The van der Waals surface area contributed by atoms with Gasteiger partial charge < -0.3 is 9.73 Å². The van der Waals surface area contributed by atoms with Crippen LogP contribution in [-0.4, -0.2) is 4.98 Å². The van der Waals surface area contributed by atoms with E-state index in [0.29, 0.717) is 5.56 Å². The molecule has 3 nitrogen and oxygen atoms in total. The Labute approximate surface area is 113 Å². The first kappa shape index (κ1) is 11.9. The molecule has 0 saturated carbocycles. The van der Waals surface area contributed by atoms with Gasteiger partial charge in [-0.25, -0.2) is 9.37 Å². The third-order valence-corrected chi connectivity index (χ3v) is 3.49. The van der Waals surface area contributed by atoms with E-state index < -0.39 is 0 Å². The summed E-state index contributed by atoms with van der Waals surface area (Å²) in [6, 6.07) is 6.76. The summed E-state index contributed by atoms with van der Waals surface area (Å²) in [4.78, 5) is 4.45. The van der Waals surface area contributed by atoms with Gasteiger partial charge in [-0.15, -0.1) is 11.3 Å². The maximum atomic E-state index is 13.2. The number of aryl methyl sites for hydroxylation is 1. The molecule has 0 radical (unpaired) electrons. The summed E-state index contributed by atoms with van der Waals surface area (Å²) in [6.45, 7) is 1.74. The molecule has 0 bridgehead atoms. The number of rotatable bonds is 3. The quantitative estimate of drug-likeness (QED) is 0.758. The molecule has 0 spiro atoms. The van der Waals surface area contributed by atoms with Crippen LogP contribution in [-0.2, 0) is 0 Å². The fourth-order valence-electron chi connectivity index (χ4n) is 1.72. The molecule has 5 heteroatoms. The summed E-state index contributed by atoms with van der Waals surface area (Å²) < 4.78 is 18.2. The van der Waals surface area contributed by atoms with E-state index in [1.165, 1.54) is 17.4 Å². The van der Waals surface area contributed by atoms with Crippen LogP contribution in [0, 0.1) is 12.7 Å². The SMILES string of the molecule is Cc1cc(Nc2nc(-c3ccoc3)cs2)ccc1F. The lowest BCUT2D eigenvalue weighted by molar-refractivity contribution is 0.568. The molecular formula is C14H11FN2OS. The molecule has 3 aromatic rings. The van der Waals surface area contributed by atoms with Crippen molar-refractivity contribution in [3.63, 3.8) is 0 Å². The molecule has 1 aromatic carbocycles. The van der Waals surface area contributed by atoms with E-state index in [1.54, 1.807) is 31.6 Å². The fourth-order valence-corrected chi connectivity index (χ4v) is 2.46. The molecule has 19 heavy (non-hydrogen) atoms. The fraction of sp³-hybridized carbons (Fsp3) is 0.0714. The van der Waals surface area contributed by atoms with Crippen LogP contribution in [0.4, 0.5) is 15.2 Å². The van der Waals surface area contributed by atoms with Crippen LogP contribution >= 0.6 is 11.3 Å². The normalized spacial score (nSPS) is 10.6. The van der Waals surface area contributed by atoms with Crippen molar-refractivity contribution in [1.82, 2.24) is 4.98 Å². The van der Waals surface area contributed by atoms with Gasteiger partial charge in [0, 0.05) is 16.6 Å². The molecule has 3 rings (SSSR count). The Morgan fingerprint density at radius 2 is 2.21 bits per heavy atom. The number of anilines is 2. The van der Waals surface area contributed by atoms with Gasteiger partial charge in [0.05, 0.1) is 18.2 Å². The van der Waals surface area contributed by atoms with E-state index >= 15 is 0 Å². The van der Waals surface area contributed by atoms with Crippen LogP contribution < -0.4 is 5.32 Å². The Morgan fingerprint density at radius 1 is 1.32 bits per heavy atom. The van der Waals surface area contributed by atoms with Crippen molar-refractivity contribution < 1.29 is 8.81 Å². The van der Waals surface area contributed by atoms with Crippen LogP contribution in [0.1, 0.15) is 5.56 Å². The van der Waals surface area contributed by atoms with Crippen molar-refractivity contribution in [2.45, 2.75) is 6.92 Å². The first-order valence-corrected chi connectivity index (χ1v) is 6.61. The van der Waals surface area contributed by atoms with E-state index in [-0.39, 0.29) is 5.82 Å². The second-order valence-corrected chi connectivity index (χ2v) is 5.00. The maximum absolute atomic E-state index is 13.2. The Kier molecular flexibility index (Phi) is 3.05. The average Bonchev–Trinajstić information content (AvgIpc) is 3.04. The topological polar surface area (TPSA) is 38.1 Å². The standard InChI is InChI=1S/C14H11FN2OS/c1-9-6-11(2-3-12(9)15)16-14-17-13(8-19-14)10-4-5-18-7-10/h2-8H,1H3,(H,16,17). The van der Waals surface area contributed by atoms with E-state index in [0.717, 1.165) is 22.1 Å². The summed E-state index contributed by atoms with van der Waals surface area (Å²) >= 11 is 1.50. The number of nitrogens with one attached hydrogen (secondary N) is 1. The zero-order valence-electron chi connectivity index (χ0n) is 10.2. The number of nitrogens with zero attached hydrogens (tertiary/aromatic N) is 1. The highest BCUT2D eigenvalue weighted by atomic mass is 32.1. The minimum absolute atomic E-state index is 0.205. The largest absolute Gasteiger partial charge is 0.472 e. The van der Waals surface area contributed by atoms with Gasteiger partial charge in [0.1, 0.15) is 5.82 Å². The Bertz CT molecular complexity index is 691. The van der Waals surface area contributed by atoms with Gasteiger partial charge in [-0.05, 0) is 36.8 Å². The Morgan fingerprint density at radius 3 is 2.95 bits per heavy atom. The summed E-state index contributed by atoms with van der Waals surface area (Å²) in [7, 11) is 0. The predicted octanol–water partition coefficient (Wildman–Crippen LogP) is 4.59. The molecule has 0 amide bonds. The highest BCUT2D eigenvalue weighted by Gasteiger charge is 2.06. The zero-order chi connectivity index (χ0) is 13.2. The summed E-state index contributed by atoms with van der Waals surface area (Å²) in [5.41, 5.74) is 3.24. The monoisotopic (exact) mass is 274 g/mol. The van der Waals surface area contributed by atoms with Gasteiger partial charge in [0.15, 0.2) is 5.13 Å². The van der Waals surface area contributed by atoms with Crippen LogP contribution in [0.5, 0.6) is 0 Å². The molecule has 0 aliphatic heterocycles. The molecule has 0 aliphatic carbocycles. The van der Waals surface area contributed by atoms with E-state index in [9.17, 15) is 4.39 Å². The zero-order valence-corrected chi connectivity index (χ0v) is 11.0. The number of benzene rings is 1. The van der Waals surface area contributed by atoms with Crippen molar-refractivity contribution in [2.75, 3.05) is 5.32 Å². The van der Waals surface area contributed by atoms with E-state index in [2.05, 4.69) is 10.3 Å². The molecule has 0 saturated heterocycles. The molecule has 1 N–H and O–H groups in total. The van der Waals surface area contributed by atoms with Gasteiger partial charge in [0.25, 0.3) is 0 Å². The molecule has 96 valence electrons. The number of thiazole rings is 1. The third kappa shape index (κ3) is 2.51. The van der Waals surface area contributed by atoms with Crippen molar-refractivity contribution in [1.29, 1.82) is 0 Å². The van der Waals surface area contributed by atoms with Crippen molar-refractivity contribution in [3.8, 4) is 11.3 Å². The first-order chi connectivity index (χ1) is 9.22. The Balaban J connectivity index is 1.82. The van der Waals surface area contributed by atoms with Crippen LogP contribution in [0.2, 0.25) is 0 Å². The lowest BCUT2D eigenvalue weighted by Gasteiger charge is -2.04. The van der Waals surface area contributed by atoms with Gasteiger partial charge in [-0.1, -0.05) is 0 Å². The lowest BCUT2D eigenvalue weighted by atomic mass is 10.2. The number of furan rings is 1. The number of hydrogen-bond acceptors (Lipinski definition) is 4. The second-order valence-electron chi connectivity index (χ2n) is 4.14. The van der Waals surface area contributed by atoms with Crippen molar-refractivity contribution in [2.24, 2.45) is 0 Å². The van der Waals surface area contributed by atoms with Gasteiger partial charge in [-0.2, -0.15) is 0 Å². The number of aromatic nitrogens is 1. The van der Waals surface area contributed by atoms with Crippen LogP contribution in [0.3, 0.4) is 0 Å². The second kappa shape index (κ2) is 4.85. The number of halogens is 1. The number of hydrogen-bond donors (Lipinski definition) is 1. The predicted molar refractivity (Wildman–Crippen MR) is 74.2 cm³/mol. The lowest BCUT2D eigenvalue weighted by Crippen LogP contribution is -1.91. The van der Waals surface area contributed by atoms with Crippen molar-refractivity contribution >= 4 is 22.2 Å². The van der Waals surface area contributed by atoms with Crippen LogP contribution in [0.15, 0.2) is 46.6 Å². The van der Waals surface area contributed by atoms with E-state index in [4.69, 9.17) is 4.42 Å². The molecule has 2 heterocycles. The average molecular weight is 274 g/mol.